The highest BCUT2D eigenvalue weighted by molar-refractivity contribution is 5.23. The summed E-state index contributed by atoms with van der Waals surface area (Å²) in [5, 5.41) is 3.70. The van der Waals surface area contributed by atoms with Crippen molar-refractivity contribution < 1.29 is 4.39 Å². The number of hydrogen-bond acceptors (Lipinski definition) is 1. The Hall–Kier alpha value is -0.890. The van der Waals surface area contributed by atoms with Crippen molar-refractivity contribution in [2.75, 3.05) is 6.54 Å². The fourth-order valence-electron chi connectivity index (χ4n) is 4.13. The van der Waals surface area contributed by atoms with Gasteiger partial charge in [-0.05, 0) is 67.7 Å². The van der Waals surface area contributed by atoms with E-state index in [2.05, 4.69) is 18.3 Å². The van der Waals surface area contributed by atoms with E-state index in [0.29, 0.717) is 12.0 Å². The summed E-state index contributed by atoms with van der Waals surface area (Å²) in [6.45, 7) is 3.56. The van der Waals surface area contributed by atoms with E-state index in [4.69, 9.17) is 0 Å². The number of nitrogens with one attached hydrogen (secondary N) is 1. The highest BCUT2D eigenvalue weighted by Gasteiger charge is 2.30. The summed E-state index contributed by atoms with van der Waals surface area (Å²) in [6.07, 6.45) is 9.40. The second kappa shape index (κ2) is 6.91. The Bertz CT molecular complexity index is 453. The van der Waals surface area contributed by atoms with Crippen LogP contribution in [-0.2, 0) is 0 Å². The quantitative estimate of drug-likeness (QED) is 0.814. The number of benzene rings is 1. The third kappa shape index (κ3) is 4.06. The van der Waals surface area contributed by atoms with Gasteiger partial charge in [0.15, 0.2) is 0 Å². The third-order valence-electron chi connectivity index (χ3n) is 5.49. The molecular weight excluding hydrogens is 261 g/mol. The molecular formula is C19H28FN. The third-order valence-corrected chi connectivity index (χ3v) is 5.49. The molecule has 2 atom stereocenters. The summed E-state index contributed by atoms with van der Waals surface area (Å²) >= 11 is 0. The predicted octanol–water partition coefficient (Wildman–Crippen LogP) is 4.88. The first kappa shape index (κ1) is 15.0. The lowest BCUT2D eigenvalue weighted by molar-refractivity contribution is 0.245. The molecule has 0 saturated heterocycles. The van der Waals surface area contributed by atoms with Crippen molar-refractivity contribution in [3.63, 3.8) is 0 Å². The van der Waals surface area contributed by atoms with E-state index in [1.807, 2.05) is 6.07 Å². The predicted molar refractivity (Wildman–Crippen MR) is 85.9 cm³/mol. The van der Waals surface area contributed by atoms with Crippen LogP contribution in [0.4, 0.5) is 4.39 Å². The van der Waals surface area contributed by atoms with Crippen molar-refractivity contribution in [3.05, 3.63) is 35.6 Å². The van der Waals surface area contributed by atoms with E-state index in [9.17, 15) is 4.39 Å². The highest BCUT2D eigenvalue weighted by Crippen LogP contribution is 2.37. The molecule has 0 aromatic heterocycles. The van der Waals surface area contributed by atoms with Crippen molar-refractivity contribution in [1.29, 1.82) is 0 Å². The van der Waals surface area contributed by atoms with Crippen LogP contribution in [-0.4, -0.2) is 12.6 Å². The van der Waals surface area contributed by atoms with Gasteiger partial charge < -0.3 is 5.32 Å². The van der Waals surface area contributed by atoms with E-state index in [1.54, 1.807) is 6.07 Å². The summed E-state index contributed by atoms with van der Waals surface area (Å²) in [4.78, 5) is 0. The molecule has 1 aromatic carbocycles. The monoisotopic (exact) mass is 289 g/mol. The van der Waals surface area contributed by atoms with E-state index in [0.717, 1.165) is 18.4 Å². The van der Waals surface area contributed by atoms with Crippen molar-refractivity contribution in [3.8, 4) is 0 Å². The molecule has 1 N–H and O–H groups in total. The molecule has 0 spiro atoms. The van der Waals surface area contributed by atoms with Crippen molar-refractivity contribution >= 4 is 0 Å². The Morgan fingerprint density at radius 2 is 2.05 bits per heavy atom. The minimum absolute atomic E-state index is 0.102. The number of halogens is 1. The van der Waals surface area contributed by atoms with Gasteiger partial charge in [-0.3, -0.25) is 0 Å². The maximum Gasteiger partial charge on any atom is 0.123 e. The van der Waals surface area contributed by atoms with Gasteiger partial charge in [0.2, 0.25) is 0 Å². The van der Waals surface area contributed by atoms with Gasteiger partial charge in [-0.25, -0.2) is 4.39 Å². The maximum absolute atomic E-state index is 13.2. The molecule has 2 aliphatic carbocycles. The summed E-state index contributed by atoms with van der Waals surface area (Å²) in [5.41, 5.74) is 1.18. The van der Waals surface area contributed by atoms with Crippen LogP contribution in [0.2, 0.25) is 0 Å². The molecule has 0 radical (unpaired) electrons. The Morgan fingerprint density at radius 3 is 2.81 bits per heavy atom. The zero-order chi connectivity index (χ0) is 14.7. The number of hydrogen-bond donors (Lipinski definition) is 1. The molecule has 116 valence electrons. The second-order valence-corrected chi connectivity index (χ2v) is 7.30. The Labute approximate surface area is 128 Å². The first-order chi connectivity index (χ1) is 10.2. The fourth-order valence-corrected chi connectivity index (χ4v) is 4.13. The lowest BCUT2D eigenvalue weighted by atomic mass is 9.75. The molecule has 0 amide bonds. The topological polar surface area (TPSA) is 12.0 Å². The molecule has 2 heteroatoms. The summed E-state index contributed by atoms with van der Waals surface area (Å²) in [6, 6.07) is 7.77. The Balaban J connectivity index is 1.34. The van der Waals surface area contributed by atoms with Crippen LogP contribution in [0.15, 0.2) is 24.3 Å². The maximum atomic E-state index is 13.2. The minimum Gasteiger partial charge on any atom is -0.314 e. The van der Waals surface area contributed by atoms with Gasteiger partial charge >= 0.3 is 0 Å². The SMILES string of the molecule is CC1CCCC(CCNC2CC(c3cccc(F)c3)C2)C1. The molecule has 1 aromatic rings. The van der Waals surface area contributed by atoms with Gasteiger partial charge in [0.05, 0.1) is 0 Å². The summed E-state index contributed by atoms with van der Waals surface area (Å²) < 4.78 is 13.2. The van der Waals surface area contributed by atoms with Crippen LogP contribution in [0.1, 0.15) is 63.4 Å². The van der Waals surface area contributed by atoms with Crippen LogP contribution in [0.25, 0.3) is 0 Å². The van der Waals surface area contributed by atoms with Crippen LogP contribution in [0.3, 0.4) is 0 Å². The van der Waals surface area contributed by atoms with Crippen molar-refractivity contribution in [2.45, 2.75) is 63.8 Å². The molecule has 0 bridgehead atoms. The molecule has 0 heterocycles. The average molecular weight is 289 g/mol. The molecule has 1 nitrogen and oxygen atoms in total. The largest absolute Gasteiger partial charge is 0.314 e. The van der Waals surface area contributed by atoms with Gasteiger partial charge in [0.25, 0.3) is 0 Å². The zero-order valence-electron chi connectivity index (χ0n) is 13.2. The fraction of sp³-hybridized carbons (Fsp3) is 0.684. The van der Waals surface area contributed by atoms with E-state index in [1.165, 1.54) is 56.6 Å². The van der Waals surface area contributed by atoms with Crippen LogP contribution >= 0.6 is 0 Å². The van der Waals surface area contributed by atoms with Crippen LogP contribution < -0.4 is 5.32 Å². The molecule has 2 aliphatic rings. The molecule has 21 heavy (non-hydrogen) atoms. The summed E-state index contributed by atoms with van der Waals surface area (Å²) in [5.74, 6) is 2.34. The lowest BCUT2D eigenvalue weighted by Crippen LogP contribution is -2.41. The minimum atomic E-state index is -0.102. The summed E-state index contributed by atoms with van der Waals surface area (Å²) in [7, 11) is 0. The van der Waals surface area contributed by atoms with E-state index in [-0.39, 0.29) is 5.82 Å². The first-order valence-electron chi connectivity index (χ1n) is 8.69. The normalized spacial score (nSPS) is 32.7. The highest BCUT2D eigenvalue weighted by atomic mass is 19.1. The van der Waals surface area contributed by atoms with E-state index < -0.39 is 0 Å². The molecule has 2 saturated carbocycles. The smallest absolute Gasteiger partial charge is 0.123 e. The lowest BCUT2D eigenvalue weighted by Gasteiger charge is -2.37. The van der Waals surface area contributed by atoms with Gasteiger partial charge in [-0.15, -0.1) is 0 Å². The van der Waals surface area contributed by atoms with Crippen molar-refractivity contribution in [2.24, 2.45) is 11.8 Å². The van der Waals surface area contributed by atoms with Crippen LogP contribution in [0.5, 0.6) is 0 Å². The zero-order valence-corrected chi connectivity index (χ0v) is 13.2. The standard InChI is InChI=1S/C19H28FN/c1-14-4-2-5-15(10-14)8-9-21-19-12-17(13-19)16-6-3-7-18(20)11-16/h3,6-7,11,14-15,17,19,21H,2,4-5,8-10,12-13H2,1H3. The molecule has 2 unspecified atom stereocenters. The van der Waals surface area contributed by atoms with E-state index >= 15 is 0 Å². The molecule has 2 fully saturated rings. The first-order valence-corrected chi connectivity index (χ1v) is 8.69. The van der Waals surface area contributed by atoms with Gasteiger partial charge in [-0.2, -0.15) is 0 Å². The average Bonchev–Trinajstić information content (AvgIpc) is 2.41. The van der Waals surface area contributed by atoms with Gasteiger partial charge in [-0.1, -0.05) is 38.3 Å². The van der Waals surface area contributed by atoms with Crippen LogP contribution in [0, 0.1) is 17.7 Å². The Morgan fingerprint density at radius 1 is 1.19 bits per heavy atom. The Kier molecular flexibility index (Phi) is 4.95. The molecule has 0 aliphatic heterocycles. The van der Waals surface area contributed by atoms with Gasteiger partial charge in [0, 0.05) is 6.04 Å². The van der Waals surface area contributed by atoms with Crippen molar-refractivity contribution in [1.82, 2.24) is 5.32 Å². The van der Waals surface area contributed by atoms with Gasteiger partial charge in [0.1, 0.15) is 5.82 Å². The second-order valence-electron chi connectivity index (χ2n) is 7.30. The molecule has 3 rings (SSSR count). The number of rotatable bonds is 5.